The van der Waals surface area contributed by atoms with Crippen molar-refractivity contribution >= 4 is 80.9 Å². The lowest BCUT2D eigenvalue weighted by Crippen LogP contribution is -2.72. The number of methoxy groups -OCH3 is 2. The van der Waals surface area contributed by atoms with Crippen LogP contribution in [-0.2, 0) is 74.9 Å². The second kappa shape index (κ2) is 32.1. The van der Waals surface area contributed by atoms with Gasteiger partial charge < -0.3 is 93.8 Å². The fraction of sp³-hybridized carbons (Fsp3) is 0.575. The Balaban J connectivity index is 0.581. The smallest absolute Gasteiger partial charge is 0.492 e. The van der Waals surface area contributed by atoms with Gasteiger partial charge in [-0.2, -0.15) is 0 Å². The van der Waals surface area contributed by atoms with Crippen molar-refractivity contribution in [3.05, 3.63) is 124 Å². The summed E-state index contributed by atoms with van der Waals surface area (Å²) in [5, 5.41) is 11.5. The highest BCUT2D eigenvalue weighted by Crippen LogP contribution is 2.72. The van der Waals surface area contributed by atoms with E-state index in [1.165, 1.54) is 26.6 Å². The minimum atomic E-state index is -1.73. The van der Waals surface area contributed by atoms with E-state index < -0.39 is 157 Å². The molecule has 9 atom stereocenters. The van der Waals surface area contributed by atoms with Gasteiger partial charge in [0.2, 0.25) is 30.2 Å². The molecule has 622 valence electrons. The number of carbonyl (C=O) groups is 8. The molecule has 1 spiro atoms. The average Bonchev–Trinajstić information content (AvgIpc) is 1.47. The van der Waals surface area contributed by atoms with E-state index in [1.807, 2.05) is 23.6 Å². The second-order valence-electron chi connectivity index (χ2n) is 31.9. The van der Waals surface area contributed by atoms with Crippen molar-refractivity contribution in [3.8, 4) is 11.5 Å². The molecule has 0 amide bonds. The van der Waals surface area contributed by atoms with Crippen LogP contribution in [-0.4, -0.2) is 195 Å². The van der Waals surface area contributed by atoms with Crippen LogP contribution in [0.25, 0.3) is 21.8 Å². The van der Waals surface area contributed by atoms with Gasteiger partial charge in [0.1, 0.15) is 52.8 Å². The molecule has 6 aromatic rings. The standard InChI is InChI=1S/C80H90F2N6O28/c1-40-28-85(22-20-83(40)32-58-42(3)112-76(100)115-58)66-55(81)25-50-64(70(66)102-6)87(45-9-10-45)30-52(68(50)94)72(96)107-38-109-74(98)105-34-48(114-62(93)15-14-61(92)104-36-60(91)80-19-17-54-49-13-8-44-24-47(89)16-18-78(44,5)63(49)57(90)27-79(54,80)37-111-80)35-106-75(99)110-39-108-73(97)53-31-88(46-11-12-46)65-51(69(53)95)26-56(82)67(71(65)103-7)86-23-21-84(41(2)29-86)33-59-43(4)113-77(101)116-59/h24-26,30-31,40-41,45-46,48-49,54,57,63,90H,8-23,27-29,32-39H2,1-7H3. The number of aryl methyl sites for hydroxylation is 2. The number of piperazine rings is 2. The van der Waals surface area contributed by atoms with E-state index in [4.69, 9.17) is 69.8 Å². The van der Waals surface area contributed by atoms with E-state index in [0.29, 0.717) is 127 Å². The molecule has 8 fully saturated rings. The molecule has 2 aromatic carbocycles. The van der Waals surface area contributed by atoms with Crippen LogP contribution in [0.4, 0.5) is 29.7 Å². The number of rotatable bonds is 27. The molecule has 6 aliphatic carbocycles. The number of ether oxygens (including phenoxy) is 11. The van der Waals surface area contributed by atoms with Gasteiger partial charge >= 0.3 is 47.8 Å². The summed E-state index contributed by atoms with van der Waals surface area (Å²) in [4.78, 5) is 167. The number of benzene rings is 2. The first-order valence-electron chi connectivity index (χ1n) is 39.0. The van der Waals surface area contributed by atoms with Gasteiger partial charge in [-0.15, -0.1) is 0 Å². The van der Waals surface area contributed by atoms with Crippen molar-refractivity contribution in [2.45, 2.75) is 173 Å². The van der Waals surface area contributed by atoms with Crippen LogP contribution >= 0.6 is 0 Å². The summed E-state index contributed by atoms with van der Waals surface area (Å²) in [5.74, 6) is -6.85. The molecule has 3 aliphatic heterocycles. The molecule has 0 radical (unpaired) electrons. The Labute approximate surface area is 659 Å². The monoisotopic (exact) mass is 1620 g/mol. The number of nitrogens with zero attached hydrogens (tertiary/aromatic N) is 6. The maximum atomic E-state index is 16.6. The highest BCUT2D eigenvalue weighted by atomic mass is 19.1. The largest absolute Gasteiger partial charge is 0.519 e. The number of ketones is 2. The van der Waals surface area contributed by atoms with Gasteiger partial charge in [0, 0.05) is 87.7 Å². The number of anilines is 2. The maximum absolute atomic E-state index is 16.6. The first-order chi connectivity index (χ1) is 55.5. The zero-order chi connectivity index (χ0) is 82.1. The molecule has 34 nitrogen and oxygen atoms in total. The van der Waals surface area contributed by atoms with Crippen molar-refractivity contribution in [1.29, 1.82) is 0 Å². The number of aliphatic hydroxyl groups is 1. The molecular weight excluding hydrogens is 1530 g/mol. The molecule has 4 aromatic heterocycles. The van der Waals surface area contributed by atoms with Gasteiger partial charge in [-0.05, 0) is 133 Å². The summed E-state index contributed by atoms with van der Waals surface area (Å²) < 4.78 is 116. The summed E-state index contributed by atoms with van der Waals surface area (Å²) in [7, 11) is 2.67. The second-order valence-corrected chi connectivity index (χ2v) is 31.9. The fourth-order valence-electron chi connectivity index (χ4n) is 19.1. The summed E-state index contributed by atoms with van der Waals surface area (Å²) in [5.41, 5.74) is -3.66. The Bertz CT molecular complexity index is 5000. The third-order valence-corrected chi connectivity index (χ3v) is 25.1. The molecule has 7 heterocycles. The summed E-state index contributed by atoms with van der Waals surface area (Å²) in [6.07, 6.45) is 3.59. The number of hydrogen-bond donors (Lipinski definition) is 1. The minimum Gasteiger partial charge on any atom is -0.492 e. The molecule has 9 unspecified atom stereocenters. The van der Waals surface area contributed by atoms with E-state index in [1.54, 1.807) is 38.9 Å². The van der Waals surface area contributed by atoms with Crippen LogP contribution in [0, 0.1) is 54.1 Å². The van der Waals surface area contributed by atoms with Crippen LogP contribution < -0.4 is 41.8 Å². The molecule has 15 rings (SSSR count). The molecule has 116 heavy (non-hydrogen) atoms. The third kappa shape index (κ3) is 15.1. The molecule has 1 N–H and O–H groups in total. The third-order valence-electron chi connectivity index (χ3n) is 25.1. The highest BCUT2D eigenvalue weighted by molar-refractivity contribution is 6.00. The predicted molar refractivity (Wildman–Crippen MR) is 396 cm³/mol. The van der Waals surface area contributed by atoms with Crippen LogP contribution in [0.5, 0.6) is 11.5 Å². The van der Waals surface area contributed by atoms with Crippen molar-refractivity contribution in [2.75, 3.05) is 103 Å². The van der Waals surface area contributed by atoms with E-state index in [0.717, 1.165) is 24.1 Å². The number of Topliss-reactive ketones (excluding diaryl/α,β-unsaturated/α-hetero) is 1. The zero-order valence-electron chi connectivity index (χ0n) is 65.1. The topological polar surface area (TPSA) is 402 Å². The number of pyridine rings is 2. The average molecular weight is 1620 g/mol. The van der Waals surface area contributed by atoms with E-state index in [9.17, 15) is 62.6 Å². The fourth-order valence-corrected chi connectivity index (χ4v) is 19.1. The van der Waals surface area contributed by atoms with Gasteiger partial charge in [-0.1, -0.05) is 12.5 Å². The van der Waals surface area contributed by atoms with Crippen molar-refractivity contribution in [3.63, 3.8) is 0 Å². The number of esters is 4. The number of aromatic nitrogens is 2. The van der Waals surface area contributed by atoms with Gasteiger partial charge in [-0.3, -0.25) is 38.6 Å². The number of allylic oxidation sites excluding steroid dienone is 1. The Morgan fingerprint density at radius 2 is 1.13 bits per heavy atom. The molecular formula is C80H90F2N6O28. The first kappa shape index (κ1) is 80.5. The van der Waals surface area contributed by atoms with Crippen LogP contribution in [0.3, 0.4) is 0 Å². The SMILES string of the molecule is COc1c(N2CCN(Cc3oc(=O)oc3C)C(C)C2)c(F)cc2c(=O)c(C(=O)OCOC(=O)OCC(COC(=O)OCOC(=O)c3cn(C4CC4)c4c(OC)c(N5CCN(Cc6oc(=O)oc6C)C(C)C5)c(F)cc4c3=O)OC(=O)CCC(=O)OCC(=O)C34CCC5C6CCC7=CC(=O)CCC7(C)C6C(O)CC53CO4)cn(C3CC3)c12. The van der Waals surface area contributed by atoms with Crippen LogP contribution in [0.15, 0.2) is 73.0 Å². The van der Waals surface area contributed by atoms with Crippen LogP contribution in [0.1, 0.15) is 160 Å². The van der Waals surface area contributed by atoms with Gasteiger partial charge in [0.15, 0.2) is 53.1 Å². The van der Waals surface area contributed by atoms with Crippen molar-refractivity contribution in [1.82, 2.24) is 18.9 Å². The molecule has 0 bridgehead atoms. The first-order valence-corrected chi connectivity index (χ1v) is 39.0. The Kier molecular flexibility index (Phi) is 22.2. The van der Waals surface area contributed by atoms with Gasteiger partial charge in [0.25, 0.3) is 0 Å². The van der Waals surface area contributed by atoms with Crippen molar-refractivity contribution < 1.29 is 122 Å². The van der Waals surface area contributed by atoms with Crippen LogP contribution in [0.2, 0.25) is 0 Å². The van der Waals surface area contributed by atoms with Gasteiger partial charge in [-0.25, -0.2) is 37.5 Å². The van der Waals surface area contributed by atoms with Crippen molar-refractivity contribution in [2.24, 2.45) is 28.6 Å². The summed E-state index contributed by atoms with van der Waals surface area (Å²) >= 11 is 0. The Morgan fingerprint density at radius 3 is 1.59 bits per heavy atom. The summed E-state index contributed by atoms with van der Waals surface area (Å²) in [6, 6.07) is 1.18. The van der Waals surface area contributed by atoms with E-state index >= 15 is 8.78 Å². The highest BCUT2D eigenvalue weighted by Gasteiger charge is 2.76. The quantitative estimate of drug-likeness (QED) is 0.0293. The molecule has 36 heteroatoms. The number of hydrogen-bond acceptors (Lipinski definition) is 32. The normalized spacial score (nSPS) is 25.3. The van der Waals surface area contributed by atoms with E-state index in [-0.39, 0.29) is 117 Å². The molecule has 3 saturated heterocycles. The lowest BCUT2D eigenvalue weighted by molar-refractivity contribution is -0.288. The number of halogens is 2. The summed E-state index contributed by atoms with van der Waals surface area (Å²) in [6.45, 7) is 7.06. The Morgan fingerprint density at radius 1 is 0.621 bits per heavy atom. The lowest BCUT2D eigenvalue weighted by atomic mass is 9.44. The lowest BCUT2D eigenvalue weighted by Gasteiger charge is -2.65. The minimum absolute atomic E-state index is 0.0395. The number of fused-ring (bicyclic) bond motifs is 6. The molecule has 5 saturated carbocycles. The number of aliphatic hydroxyl groups excluding tert-OH is 1. The maximum Gasteiger partial charge on any atom is 0.519 e. The molecule has 9 aliphatic rings. The zero-order valence-corrected chi connectivity index (χ0v) is 65.1. The predicted octanol–water partition coefficient (Wildman–Crippen LogP) is 7.70. The Hall–Kier alpha value is -10.7. The van der Waals surface area contributed by atoms with E-state index in [2.05, 4.69) is 6.92 Å². The van der Waals surface area contributed by atoms with Gasteiger partial charge in [0.05, 0.1) is 74.7 Å². The number of carbonyl (C=O) groups excluding carboxylic acids is 8.